The molecule has 24 heavy (non-hydrogen) atoms. The van der Waals surface area contributed by atoms with Crippen LogP contribution in [-0.2, 0) is 4.79 Å². The van der Waals surface area contributed by atoms with Gasteiger partial charge in [0.25, 0.3) is 0 Å². The number of halogens is 2. The third-order valence-corrected chi connectivity index (χ3v) is 4.43. The molecular weight excluding hydrogens is 405 g/mol. The lowest BCUT2D eigenvalue weighted by molar-refractivity contribution is -0.138. The maximum atomic E-state index is 13.2. The van der Waals surface area contributed by atoms with Crippen molar-refractivity contribution in [1.82, 2.24) is 10.3 Å². The number of benzene rings is 1. The van der Waals surface area contributed by atoms with Crippen molar-refractivity contribution >= 4 is 45.2 Å². The Balaban J connectivity index is 2.09. The Bertz CT molecular complexity index is 770. The van der Waals surface area contributed by atoms with Crippen LogP contribution in [-0.4, -0.2) is 39.0 Å². The number of aliphatic carboxylic acids is 1. The predicted octanol–water partition coefficient (Wildman–Crippen LogP) is 1.90. The summed E-state index contributed by atoms with van der Waals surface area (Å²) in [6.07, 6.45) is 0.244. The van der Waals surface area contributed by atoms with Crippen LogP contribution < -0.4 is 11.5 Å². The van der Waals surface area contributed by atoms with Crippen LogP contribution in [0.1, 0.15) is 12.1 Å². The monoisotopic (exact) mass is 417 g/mol. The SMILES string of the molecule is NC(=Nc1ccc(F)c(Br)c1)c1nonc1SCCC(N)C(=O)O. The van der Waals surface area contributed by atoms with Crippen LogP contribution in [0.5, 0.6) is 0 Å². The molecule has 2 rings (SSSR count). The lowest BCUT2D eigenvalue weighted by Gasteiger charge is -2.04. The van der Waals surface area contributed by atoms with E-state index in [4.69, 9.17) is 16.6 Å². The Hall–Kier alpha value is -1.98. The van der Waals surface area contributed by atoms with Gasteiger partial charge in [0.2, 0.25) is 0 Å². The van der Waals surface area contributed by atoms with E-state index in [1.54, 1.807) is 0 Å². The normalized spacial score (nSPS) is 13.0. The van der Waals surface area contributed by atoms with E-state index in [0.29, 0.717) is 16.5 Å². The zero-order valence-electron chi connectivity index (χ0n) is 12.1. The number of thioether (sulfide) groups is 1. The van der Waals surface area contributed by atoms with Crippen LogP contribution in [0.4, 0.5) is 10.1 Å². The van der Waals surface area contributed by atoms with Crippen molar-refractivity contribution < 1.29 is 18.9 Å². The Morgan fingerprint density at radius 3 is 2.92 bits per heavy atom. The van der Waals surface area contributed by atoms with Crippen LogP contribution in [0.25, 0.3) is 0 Å². The van der Waals surface area contributed by atoms with Crippen LogP contribution >= 0.6 is 27.7 Å². The molecular formula is C13H13BrFN5O3S. The minimum Gasteiger partial charge on any atom is -0.480 e. The van der Waals surface area contributed by atoms with Crippen LogP contribution in [0.2, 0.25) is 0 Å². The Labute approximate surface area is 148 Å². The minimum atomic E-state index is -1.07. The van der Waals surface area contributed by atoms with Gasteiger partial charge in [-0.05, 0) is 50.9 Å². The van der Waals surface area contributed by atoms with Crippen molar-refractivity contribution in [3.8, 4) is 0 Å². The number of amidine groups is 1. The molecule has 0 amide bonds. The molecule has 8 nitrogen and oxygen atoms in total. The predicted molar refractivity (Wildman–Crippen MR) is 89.7 cm³/mol. The van der Waals surface area contributed by atoms with E-state index in [0.717, 1.165) is 0 Å². The van der Waals surface area contributed by atoms with Gasteiger partial charge in [-0.1, -0.05) is 0 Å². The number of nitrogens with zero attached hydrogens (tertiary/aromatic N) is 3. The maximum Gasteiger partial charge on any atom is 0.320 e. The molecule has 0 fully saturated rings. The number of hydrogen-bond donors (Lipinski definition) is 3. The van der Waals surface area contributed by atoms with Gasteiger partial charge in [0.1, 0.15) is 11.9 Å². The van der Waals surface area contributed by atoms with Crippen LogP contribution in [0, 0.1) is 5.82 Å². The van der Waals surface area contributed by atoms with E-state index in [9.17, 15) is 9.18 Å². The van der Waals surface area contributed by atoms with Gasteiger partial charge in [0.05, 0.1) is 10.2 Å². The molecule has 0 aliphatic rings. The summed E-state index contributed by atoms with van der Waals surface area (Å²) in [5.41, 5.74) is 12.0. The highest BCUT2D eigenvalue weighted by molar-refractivity contribution is 9.10. The van der Waals surface area contributed by atoms with Gasteiger partial charge in [-0.15, -0.1) is 11.8 Å². The number of hydrogen-bond acceptors (Lipinski definition) is 7. The summed E-state index contributed by atoms with van der Waals surface area (Å²) in [5, 5.41) is 16.5. The molecule has 0 aliphatic heterocycles. The average molecular weight is 418 g/mol. The number of rotatable bonds is 7. The molecule has 5 N–H and O–H groups in total. The number of aromatic nitrogens is 2. The van der Waals surface area contributed by atoms with E-state index in [1.807, 2.05) is 0 Å². The summed E-state index contributed by atoms with van der Waals surface area (Å²) in [6, 6.07) is 3.22. The first-order valence-electron chi connectivity index (χ1n) is 6.62. The molecule has 0 saturated carbocycles. The molecule has 0 spiro atoms. The Kier molecular flexibility index (Phi) is 6.29. The van der Waals surface area contributed by atoms with Gasteiger partial charge in [-0.25, -0.2) is 14.0 Å². The molecule has 1 aromatic carbocycles. The first kappa shape index (κ1) is 18.4. The van der Waals surface area contributed by atoms with Gasteiger partial charge in [-0.2, -0.15) is 0 Å². The largest absolute Gasteiger partial charge is 0.480 e. The van der Waals surface area contributed by atoms with E-state index < -0.39 is 17.8 Å². The number of aliphatic imine (C=N–C) groups is 1. The highest BCUT2D eigenvalue weighted by Crippen LogP contribution is 2.24. The molecule has 1 heterocycles. The first-order chi connectivity index (χ1) is 11.4. The second-order valence-corrected chi connectivity index (χ2v) is 6.53. The molecule has 2 aromatic rings. The standard InChI is InChI=1S/C13H13BrFN5O3S/c14-7-5-6(1-2-8(7)15)18-11(17)10-12(20-23-19-10)24-4-3-9(16)13(21)22/h1-2,5,9H,3-4,16H2,(H2,17,18)(H,21,22). The summed E-state index contributed by atoms with van der Waals surface area (Å²) in [6.45, 7) is 0. The van der Waals surface area contributed by atoms with E-state index in [-0.39, 0.29) is 22.4 Å². The van der Waals surface area contributed by atoms with Gasteiger partial charge in [0, 0.05) is 5.75 Å². The molecule has 0 bridgehead atoms. The molecule has 11 heteroatoms. The van der Waals surface area contributed by atoms with Crippen LogP contribution in [0.3, 0.4) is 0 Å². The third kappa shape index (κ3) is 4.76. The smallest absolute Gasteiger partial charge is 0.320 e. The first-order valence-corrected chi connectivity index (χ1v) is 8.39. The molecule has 1 unspecified atom stereocenters. The maximum absolute atomic E-state index is 13.2. The van der Waals surface area contributed by atoms with E-state index in [1.165, 1.54) is 30.0 Å². The number of carbonyl (C=O) groups is 1. The van der Waals surface area contributed by atoms with Crippen molar-refractivity contribution in [3.63, 3.8) is 0 Å². The summed E-state index contributed by atoms with van der Waals surface area (Å²) >= 11 is 4.27. The fourth-order valence-corrected chi connectivity index (χ4v) is 2.88. The summed E-state index contributed by atoms with van der Waals surface area (Å²) in [5.74, 6) is -1.05. The van der Waals surface area contributed by atoms with Crippen molar-refractivity contribution in [2.75, 3.05) is 5.75 Å². The number of carboxylic acid groups (broad SMARTS) is 1. The summed E-state index contributed by atoms with van der Waals surface area (Å²) < 4.78 is 18.1. The topological polar surface area (TPSA) is 141 Å². The van der Waals surface area contributed by atoms with E-state index >= 15 is 0 Å². The zero-order valence-corrected chi connectivity index (χ0v) is 14.6. The quantitative estimate of drug-likeness (QED) is 0.352. The molecule has 0 saturated heterocycles. The second-order valence-electron chi connectivity index (χ2n) is 4.60. The summed E-state index contributed by atoms with van der Waals surface area (Å²) in [7, 11) is 0. The van der Waals surface area contributed by atoms with Gasteiger partial charge in [-0.3, -0.25) is 4.79 Å². The van der Waals surface area contributed by atoms with Gasteiger partial charge < -0.3 is 16.6 Å². The zero-order chi connectivity index (χ0) is 17.7. The van der Waals surface area contributed by atoms with Crippen molar-refractivity contribution in [2.45, 2.75) is 17.5 Å². The number of carboxylic acids is 1. The lowest BCUT2D eigenvalue weighted by Crippen LogP contribution is -2.30. The molecule has 128 valence electrons. The fraction of sp³-hybridized carbons (Fsp3) is 0.231. The molecule has 1 aromatic heterocycles. The van der Waals surface area contributed by atoms with Gasteiger partial charge in [0.15, 0.2) is 16.6 Å². The highest BCUT2D eigenvalue weighted by Gasteiger charge is 2.17. The van der Waals surface area contributed by atoms with Crippen molar-refractivity contribution in [3.05, 3.63) is 34.2 Å². The summed E-state index contributed by atoms with van der Waals surface area (Å²) in [4.78, 5) is 14.8. The van der Waals surface area contributed by atoms with Crippen molar-refractivity contribution in [1.29, 1.82) is 0 Å². The van der Waals surface area contributed by atoms with E-state index in [2.05, 4.69) is 35.9 Å². The molecule has 1 atom stereocenters. The lowest BCUT2D eigenvalue weighted by atomic mass is 10.2. The third-order valence-electron chi connectivity index (χ3n) is 2.84. The van der Waals surface area contributed by atoms with Crippen LogP contribution in [0.15, 0.2) is 37.3 Å². The molecule has 0 radical (unpaired) electrons. The minimum absolute atomic E-state index is 0.0415. The fourth-order valence-electron chi connectivity index (χ4n) is 1.58. The van der Waals surface area contributed by atoms with Gasteiger partial charge >= 0.3 is 5.97 Å². The highest BCUT2D eigenvalue weighted by atomic mass is 79.9. The molecule has 0 aliphatic carbocycles. The second kappa shape index (κ2) is 8.22. The Morgan fingerprint density at radius 2 is 2.25 bits per heavy atom. The number of nitrogens with two attached hydrogens (primary N) is 2. The van der Waals surface area contributed by atoms with Crippen molar-refractivity contribution in [2.24, 2.45) is 16.5 Å². The average Bonchev–Trinajstić information content (AvgIpc) is 2.99. The Morgan fingerprint density at radius 1 is 1.50 bits per heavy atom.